The monoisotopic (exact) mass is 276 g/mol. The number of carbonyl (C=O) groups excluding carboxylic acids is 1. The molecule has 1 amide bonds. The normalized spacial score (nSPS) is 21.5. The van der Waals surface area contributed by atoms with Crippen molar-refractivity contribution in [2.45, 2.75) is 37.2 Å². The number of carbonyl (C=O) groups is 1. The Morgan fingerprint density at radius 3 is 2.67 bits per heavy atom. The van der Waals surface area contributed by atoms with Crippen molar-refractivity contribution in [3.05, 3.63) is 16.6 Å². The summed E-state index contributed by atoms with van der Waals surface area (Å²) in [7, 11) is 0. The summed E-state index contributed by atoms with van der Waals surface area (Å²) in [5.74, 6) is -3.02. The minimum absolute atomic E-state index is 0.000185. The van der Waals surface area contributed by atoms with Gasteiger partial charge in [0, 0.05) is 19.4 Å². The Bertz CT molecular complexity index is 413. The van der Waals surface area contributed by atoms with Crippen LogP contribution in [-0.2, 0) is 0 Å². The third kappa shape index (κ3) is 3.23. The van der Waals surface area contributed by atoms with Crippen LogP contribution < -0.4 is 5.32 Å². The number of aromatic nitrogens is 1. The molecule has 0 aromatic carbocycles. The van der Waals surface area contributed by atoms with Gasteiger partial charge in [-0.25, -0.2) is 8.78 Å². The van der Waals surface area contributed by atoms with Gasteiger partial charge in [-0.1, -0.05) is 0 Å². The second kappa shape index (κ2) is 4.89. The maximum atomic E-state index is 13.0. The quantitative estimate of drug-likeness (QED) is 0.885. The summed E-state index contributed by atoms with van der Waals surface area (Å²) in [6.45, 7) is -0.000185. The Morgan fingerprint density at radius 1 is 1.44 bits per heavy atom. The van der Waals surface area contributed by atoms with Crippen LogP contribution in [0.25, 0.3) is 0 Å². The Morgan fingerprint density at radius 2 is 2.11 bits per heavy atom. The molecule has 1 aromatic heterocycles. The van der Waals surface area contributed by atoms with E-state index in [1.807, 2.05) is 0 Å². The molecule has 4 nitrogen and oxygen atoms in total. The van der Waals surface area contributed by atoms with Crippen LogP contribution in [0.3, 0.4) is 0 Å². The van der Waals surface area contributed by atoms with Gasteiger partial charge in [0.25, 0.3) is 5.91 Å². The standard InChI is InChI=1S/C11H14F2N2O2S/c12-11(13)3-1-10(17,2-4-11)6-15-9(16)8-5-14-7-18-8/h5,7,17H,1-4,6H2,(H,15,16). The Labute approximate surface area is 107 Å². The summed E-state index contributed by atoms with van der Waals surface area (Å²) < 4.78 is 25.9. The molecule has 1 aliphatic rings. The highest BCUT2D eigenvalue weighted by molar-refractivity contribution is 7.11. The van der Waals surface area contributed by atoms with Crippen molar-refractivity contribution >= 4 is 17.2 Å². The van der Waals surface area contributed by atoms with Crippen molar-refractivity contribution in [2.24, 2.45) is 0 Å². The Kier molecular flexibility index (Phi) is 3.63. The van der Waals surface area contributed by atoms with Gasteiger partial charge in [-0.05, 0) is 12.8 Å². The van der Waals surface area contributed by atoms with E-state index in [-0.39, 0.29) is 38.1 Å². The predicted molar refractivity (Wildman–Crippen MR) is 62.8 cm³/mol. The van der Waals surface area contributed by atoms with Gasteiger partial charge in [-0.3, -0.25) is 9.78 Å². The molecule has 1 heterocycles. The zero-order valence-corrected chi connectivity index (χ0v) is 10.5. The summed E-state index contributed by atoms with van der Waals surface area (Å²) in [6.07, 6.45) is 0.769. The lowest BCUT2D eigenvalue weighted by Crippen LogP contribution is -2.47. The molecule has 18 heavy (non-hydrogen) atoms. The smallest absolute Gasteiger partial charge is 0.263 e. The second-order valence-electron chi connectivity index (χ2n) is 4.63. The molecule has 100 valence electrons. The maximum Gasteiger partial charge on any atom is 0.263 e. The number of hydrogen-bond acceptors (Lipinski definition) is 4. The van der Waals surface area contributed by atoms with Crippen LogP contribution in [0, 0.1) is 0 Å². The van der Waals surface area contributed by atoms with E-state index in [9.17, 15) is 18.7 Å². The van der Waals surface area contributed by atoms with Gasteiger partial charge < -0.3 is 10.4 Å². The van der Waals surface area contributed by atoms with Crippen LogP contribution in [0.5, 0.6) is 0 Å². The van der Waals surface area contributed by atoms with Gasteiger partial charge in [0.15, 0.2) is 0 Å². The zero-order valence-electron chi connectivity index (χ0n) is 9.66. The first kappa shape index (κ1) is 13.4. The van der Waals surface area contributed by atoms with Crippen LogP contribution in [-0.4, -0.2) is 34.1 Å². The lowest BCUT2D eigenvalue weighted by molar-refractivity contribution is -0.101. The SMILES string of the molecule is O=C(NCC1(O)CCC(F)(F)CC1)c1cncs1. The summed E-state index contributed by atoms with van der Waals surface area (Å²) >= 11 is 1.19. The van der Waals surface area contributed by atoms with E-state index in [0.717, 1.165) is 0 Å². The van der Waals surface area contributed by atoms with E-state index < -0.39 is 11.5 Å². The minimum atomic E-state index is -2.69. The van der Waals surface area contributed by atoms with Gasteiger partial charge in [0.1, 0.15) is 4.88 Å². The predicted octanol–water partition coefficient (Wildman–Crippen LogP) is 1.81. The highest BCUT2D eigenvalue weighted by Crippen LogP contribution is 2.38. The Hall–Kier alpha value is -1.08. The third-order valence-electron chi connectivity index (χ3n) is 3.15. The zero-order chi connectivity index (χ0) is 13.2. The van der Waals surface area contributed by atoms with E-state index >= 15 is 0 Å². The Balaban J connectivity index is 1.85. The van der Waals surface area contributed by atoms with Crippen molar-refractivity contribution in [2.75, 3.05) is 6.54 Å². The van der Waals surface area contributed by atoms with Gasteiger partial charge in [0.2, 0.25) is 5.92 Å². The fraction of sp³-hybridized carbons (Fsp3) is 0.636. The summed E-state index contributed by atoms with van der Waals surface area (Å²) in [6, 6.07) is 0. The lowest BCUT2D eigenvalue weighted by atomic mass is 9.83. The number of halogens is 2. The highest BCUT2D eigenvalue weighted by atomic mass is 32.1. The largest absolute Gasteiger partial charge is 0.388 e. The van der Waals surface area contributed by atoms with Gasteiger partial charge in [-0.15, -0.1) is 11.3 Å². The molecular formula is C11H14F2N2O2S. The highest BCUT2D eigenvalue weighted by Gasteiger charge is 2.42. The molecule has 0 atom stereocenters. The molecule has 0 unspecified atom stereocenters. The summed E-state index contributed by atoms with van der Waals surface area (Å²) in [4.78, 5) is 15.8. The van der Waals surface area contributed by atoms with E-state index in [4.69, 9.17) is 0 Å². The van der Waals surface area contributed by atoms with Crippen molar-refractivity contribution < 1.29 is 18.7 Å². The second-order valence-corrected chi connectivity index (χ2v) is 5.51. The number of alkyl halides is 2. The number of rotatable bonds is 3. The fourth-order valence-electron chi connectivity index (χ4n) is 1.92. The van der Waals surface area contributed by atoms with E-state index in [0.29, 0.717) is 4.88 Å². The number of hydrogen-bond donors (Lipinski definition) is 2. The molecule has 1 saturated carbocycles. The molecule has 7 heteroatoms. The molecule has 1 aliphatic carbocycles. The third-order valence-corrected chi connectivity index (χ3v) is 3.92. The number of thiazole rings is 1. The van der Waals surface area contributed by atoms with Gasteiger partial charge >= 0.3 is 0 Å². The topological polar surface area (TPSA) is 62.2 Å². The summed E-state index contributed by atoms with van der Waals surface area (Å²) in [5, 5.41) is 12.6. The maximum absolute atomic E-state index is 13.0. The molecule has 0 aliphatic heterocycles. The minimum Gasteiger partial charge on any atom is -0.388 e. The van der Waals surface area contributed by atoms with Crippen LogP contribution in [0.15, 0.2) is 11.7 Å². The molecule has 0 bridgehead atoms. The van der Waals surface area contributed by atoms with Crippen molar-refractivity contribution in [3.63, 3.8) is 0 Å². The van der Waals surface area contributed by atoms with E-state index in [1.165, 1.54) is 23.0 Å². The first-order valence-corrected chi connectivity index (χ1v) is 6.55. The van der Waals surface area contributed by atoms with E-state index in [2.05, 4.69) is 10.3 Å². The first-order valence-electron chi connectivity index (χ1n) is 5.67. The van der Waals surface area contributed by atoms with Crippen molar-refractivity contribution in [1.82, 2.24) is 10.3 Å². The lowest BCUT2D eigenvalue weighted by Gasteiger charge is -2.35. The van der Waals surface area contributed by atoms with Crippen molar-refractivity contribution in [1.29, 1.82) is 0 Å². The average molecular weight is 276 g/mol. The van der Waals surface area contributed by atoms with Crippen LogP contribution in [0.2, 0.25) is 0 Å². The number of amides is 1. The van der Waals surface area contributed by atoms with E-state index in [1.54, 1.807) is 0 Å². The molecule has 1 aromatic rings. The van der Waals surface area contributed by atoms with Gasteiger partial charge in [-0.2, -0.15) is 0 Å². The van der Waals surface area contributed by atoms with Crippen LogP contribution in [0.4, 0.5) is 8.78 Å². The molecule has 2 N–H and O–H groups in total. The fourth-order valence-corrected chi connectivity index (χ4v) is 2.45. The van der Waals surface area contributed by atoms with Gasteiger partial charge in [0.05, 0.1) is 17.3 Å². The average Bonchev–Trinajstić information content (AvgIpc) is 2.85. The molecule has 0 spiro atoms. The molecule has 0 radical (unpaired) electrons. The number of aliphatic hydroxyl groups is 1. The van der Waals surface area contributed by atoms with Crippen molar-refractivity contribution in [3.8, 4) is 0 Å². The summed E-state index contributed by atoms with van der Waals surface area (Å²) in [5.41, 5.74) is 0.312. The molecule has 1 fully saturated rings. The van der Waals surface area contributed by atoms with Crippen LogP contribution >= 0.6 is 11.3 Å². The molecule has 0 saturated heterocycles. The molecular weight excluding hydrogens is 262 g/mol. The first-order chi connectivity index (χ1) is 8.40. The number of nitrogens with one attached hydrogen (secondary N) is 1. The number of nitrogens with zero attached hydrogens (tertiary/aromatic N) is 1. The van der Waals surface area contributed by atoms with Crippen LogP contribution in [0.1, 0.15) is 35.4 Å². The molecule has 2 rings (SSSR count).